The minimum Gasteiger partial charge on any atom is -0.396 e. The summed E-state index contributed by atoms with van der Waals surface area (Å²) < 4.78 is 0. The Kier molecular flexibility index (Phi) is 3.45. The molecule has 0 radical (unpaired) electrons. The SMILES string of the molecule is OCC1CCN(Cc2csc(C3CC3)n2)CC1. The molecule has 2 heterocycles. The highest BCUT2D eigenvalue weighted by Crippen LogP contribution is 2.41. The van der Waals surface area contributed by atoms with Gasteiger partial charge in [-0.3, -0.25) is 4.90 Å². The smallest absolute Gasteiger partial charge is 0.0959 e. The van der Waals surface area contributed by atoms with Crippen LogP contribution < -0.4 is 0 Å². The number of piperidine rings is 1. The number of hydrogen-bond acceptors (Lipinski definition) is 4. The second-order valence-corrected chi connectivity index (χ2v) is 6.24. The van der Waals surface area contributed by atoms with Gasteiger partial charge >= 0.3 is 0 Å². The number of aliphatic hydroxyl groups excluding tert-OH is 1. The van der Waals surface area contributed by atoms with E-state index in [2.05, 4.69) is 10.3 Å². The van der Waals surface area contributed by atoms with Crippen LogP contribution in [0.4, 0.5) is 0 Å². The average molecular weight is 252 g/mol. The first-order valence-electron chi connectivity index (χ1n) is 6.62. The molecule has 1 aliphatic carbocycles. The maximum Gasteiger partial charge on any atom is 0.0959 e. The van der Waals surface area contributed by atoms with Crippen LogP contribution in [0.3, 0.4) is 0 Å². The Morgan fingerprint density at radius 2 is 2.06 bits per heavy atom. The van der Waals surface area contributed by atoms with E-state index in [4.69, 9.17) is 10.1 Å². The zero-order valence-corrected chi connectivity index (χ0v) is 11.0. The summed E-state index contributed by atoms with van der Waals surface area (Å²) in [7, 11) is 0. The summed E-state index contributed by atoms with van der Waals surface area (Å²) in [5, 5.41) is 12.7. The second-order valence-electron chi connectivity index (χ2n) is 5.35. The molecule has 3 nitrogen and oxygen atoms in total. The molecule has 1 aromatic rings. The van der Waals surface area contributed by atoms with Crippen molar-refractivity contribution in [3.05, 3.63) is 16.1 Å². The number of thiazole rings is 1. The highest BCUT2D eigenvalue weighted by atomic mass is 32.1. The zero-order chi connectivity index (χ0) is 11.7. The summed E-state index contributed by atoms with van der Waals surface area (Å²) in [6.45, 7) is 3.58. The van der Waals surface area contributed by atoms with Gasteiger partial charge in [-0.1, -0.05) is 0 Å². The molecule has 0 spiro atoms. The predicted molar refractivity (Wildman–Crippen MR) is 69.2 cm³/mol. The summed E-state index contributed by atoms with van der Waals surface area (Å²) in [6, 6.07) is 0. The molecular formula is C13H20N2OS. The van der Waals surface area contributed by atoms with E-state index in [1.165, 1.54) is 23.5 Å². The van der Waals surface area contributed by atoms with Gasteiger partial charge in [0.1, 0.15) is 0 Å². The van der Waals surface area contributed by atoms with E-state index in [0.717, 1.165) is 38.4 Å². The molecule has 94 valence electrons. The first-order valence-corrected chi connectivity index (χ1v) is 7.50. The van der Waals surface area contributed by atoms with Gasteiger partial charge in [-0.25, -0.2) is 4.98 Å². The molecule has 1 aromatic heterocycles. The predicted octanol–water partition coefficient (Wildman–Crippen LogP) is 2.22. The standard InChI is InChI=1S/C13H20N2OS/c16-8-10-3-5-15(6-4-10)7-12-9-17-13(14-12)11-1-2-11/h9-11,16H,1-8H2. The Hall–Kier alpha value is -0.450. The highest BCUT2D eigenvalue weighted by Gasteiger charge is 2.27. The van der Waals surface area contributed by atoms with Crippen molar-refractivity contribution in [1.82, 2.24) is 9.88 Å². The zero-order valence-electron chi connectivity index (χ0n) is 10.1. The Balaban J connectivity index is 1.52. The van der Waals surface area contributed by atoms with Crippen LogP contribution in [0, 0.1) is 5.92 Å². The molecule has 2 fully saturated rings. The minimum atomic E-state index is 0.358. The second kappa shape index (κ2) is 5.04. The van der Waals surface area contributed by atoms with E-state index in [1.54, 1.807) is 0 Å². The van der Waals surface area contributed by atoms with Crippen LogP contribution in [0.25, 0.3) is 0 Å². The van der Waals surface area contributed by atoms with Gasteiger partial charge in [0, 0.05) is 24.4 Å². The lowest BCUT2D eigenvalue weighted by Gasteiger charge is -2.30. The van der Waals surface area contributed by atoms with Crippen LogP contribution in [-0.2, 0) is 6.54 Å². The summed E-state index contributed by atoms with van der Waals surface area (Å²) in [4.78, 5) is 7.20. The van der Waals surface area contributed by atoms with E-state index >= 15 is 0 Å². The largest absolute Gasteiger partial charge is 0.396 e. The van der Waals surface area contributed by atoms with E-state index in [-0.39, 0.29) is 0 Å². The molecular weight excluding hydrogens is 232 g/mol. The number of aromatic nitrogens is 1. The van der Waals surface area contributed by atoms with Gasteiger partial charge in [-0.2, -0.15) is 0 Å². The fourth-order valence-electron chi connectivity index (χ4n) is 2.47. The van der Waals surface area contributed by atoms with Gasteiger partial charge < -0.3 is 5.11 Å². The molecule has 4 heteroatoms. The van der Waals surface area contributed by atoms with Crippen LogP contribution in [-0.4, -0.2) is 34.7 Å². The Labute approximate surface area is 106 Å². The van der Waals surface area contributed by atoms with Crippen molar-refractivity contribution < 1.29 is 5.11 Å². The monoisotopic (exact) mass is 252 g/mol. The van der Waals surface area contributed by atoms with Crippen molar-refractivity contribution in [1.29, 1.82) is 0 Å². The first kappa shape index (κ1) is 11.6. The molecule has 1 N–H and O–H groups in total. The van der Waals surface area contributed by atoms with Gasteiger partial charge in [-0.05, 0) is 44.7 Å². The lowest BCUT2D eigenvalue weighted by Crippen LogP contribution is -2.34. The summed E-state index contributed by atoms with van der Waals surface area (Å²) >= 11 is 1.84. The molecule has 1 saturated carbocycles. The van der Waals surface area contributed by atoms with E-state index in [9.17, 15) is 0 Å². The topological polar surface area (TPSA) is 36.4 Å². The highest BCUT2D eigenvalue weighted by molar-refractivity contribution is 7.09. The molecule has 2 aliphatic rings. The van der Waals surface area contributed by atoms with Crippen LogP contribution in [0.15, 0.2) is 5.38 Å². The van der Waals surface area contributed by atoms with Gasteiger partial charge in [-0.15, -0.1) is 11.3 Å². The van der Waals surface area contributed by atoms with Crippen molar-refractivity contribution >= 4 is 11.3 Å². The third-order valence-electron chi connectivity index (χ3n) is 3.85. The quantitative estimate of drug-likeness (QED) is 0.892. The van der Waals surface area contributed by atoms with Crippen LogP contribution in [0.5, 0.6) is 0 Å². The molecule has 1 aliphatic heterocycles. The molecule has 0 unspecified atom stereocenters. The van der Waals surface area contributed by atoms with Crippen molar-refractivity contribution in [2.75, 3.05) is 19.7 Å². The number of hydrogen-bond donors (Lipinski definition) is 1. The van der Waals surface area contributed by atoms with E-state index < -0.39 is 0 Å². The van der Waals surface area contributed by atoms with Gasteiger partial charge in [0.25, 0.3) is 0 Å². The first-order chi connectivity index (χ1) is 8.35. The van der Waals surface area contributed by atoms with Crippen LogP contribution >= 0.6 is 11.3 Å². The average Bonchev–Trinajstić information content (AvgIpc) is 3.12. The number of likely N-dealkylation sites (tertiary alicyclic amines) is 1. The van der Waals surface area contributed by atoms with Gasteiger partial charge in [0.2, 0.25) is 0 Å². The molecule has 0 bridgehead atoms. The molecule has 1 saturated heterocycles. The van der Waals surface area contributed by atoms with E-state index in [1.807, 2.05) is 11.3 Å². The molecule has 17 heavy (non-hydrogen) atoms. The normalized spacial score (nSPS) is 23.1. The lowest BCUT2D eigenvalue weighted by atomic mass is 9.98. The minimum absolute atomic E-state index is 0.358. The van der Waals surface area contributed by atoms with Crippen molar-refractivity contribution in [2.45, 2.75) is 38.1 Å². The summed E-state index contributed by atoms with van der Waals surface area (Å²) in [5.41, 5.74) is 1.25. The number of nitrogens with zero attached hydrogens (tertiary/aromatic N) is 2. The Bertz CT molecular complexity index is 367. The number of rotatable bonds is 4. The summed E-state index contributed by atoms with van der Waals surface area (Å²) in [6.07, 6.45) is 4.95. The van der Waals surface area contributed by atoms with Gasteiger partial charge in [0.15, 0.2) is 0 Å². The Morgan fingerprint density at radius 1 is 1.29 bits per heavy atom. The van der Waals surface area contributed by atoms with E-state index in [0.29, 0.717) is 12.5 Å². The van der Waals surface area contributed by atoms with Crippen LogP contribution in [0.2, 0.25) is 0 Å². The molecule has 0 amide bonds. The maximum atomic E-state index is 9.11. The van der Waals surface area contributed by atoms with Crippen LogP contribution in [0.1, 0.15) is 42.3 Å². The van der Waals surface area contributed by atoms with Crippen molar-refractivity contribution in [2.24, 2.45) is 5.92 Å². The molecule has 0 aromatic carbocycles. The fraction of sp³-hybridized carbons (Fsp3) is 0.769. The lowest BCUT2D eigenvalue weighted by molar-refractivity contribution is 0.126. The fourth-order valence-corrected chi connectivity index (χ4v) is 3.45. The molecule has 0 atom stereocenters. The maximum absolute atomic E-state index is 9.11. The third-order valence-corrected chi connectivity index (χ3v) is 4.90. The molecule has 3 rings (SSSR count). The van der Waals surface area contributed by atoms with Gasteiger partial charge in [0.05, 0.1) is 10.7 Å². The number of aliphatic hydroxyl groups is 1. The third kappa shape index (κ3) is 2.87. The van der Waals surface area contributed by atoms with Crippen molar-refractivity contribution in [3.8, 4) is 0 Å². The summed E-state index contributed by atoms with van der Waals surface area (Å²) in [5.74, 6) is 1.32. The Morgan fingerprint density at radius 3 is 2.71 bits per heavy atom. The van der Waals surface area contributed by atoms with Crippen molar-refractivity contribution in [3.63, 3.8) is 0 Å².